The average Bonchev–Trinajstić information content (AvgIpc) is 2.44. The summed E-state index contributed by atoms with van der Waals surface area (Å²) < 4.78 is 0.828. The van der Waals surface area contributed by atoms with E-state index in [2.05, 4.69) is 28.2 Å². The number of hydrogen-bond acceptors (Lipinski definition) is 2. The van der Waals surface area contributed by atoms with Crippen molar-refractivity contribution in [3.8, 4) is 0 Å². The van der Waals surface area contributed by atoms with Crippen molar-refractivity contribution in [3.05, 3.63) is 33.8 Å². The summed E-state index contributed by atoms with van der Waals surface area (Å²) in [5, 5.41) is 12.8. The fraction of sp³-hybridized carbons (Fsp3) is 0.562. The number of benzene rings is 1. The minimum atomic E-state index is -0.452. The van der Waals surface area contributed by atoms with Crippen LogP contribution >= 0.6 is 15.9 Å². The minimum Gasteiger partial charge on any atom is -0.394 e. The van der Waals surface area contributed by atoms with Crippen LogP contribution in [0.4, 0.5) is 0 Å². The van der Waals surface area contributed by atoms with Gasteiger partial charge in [-0.2, -0.15) is 0 Å². The van der Waals surface area contributed by atoms with E-state index >= 15 is 0 Å². The summed E-state index contributed by atoms with van der Waals surface area (Å²) in [5.41, 5.74) is 1.22. The van der Waals surface area contributed by atoms with Gasteiger partial charge < -0.3 is 10.4 Å². The zero-order chi connectivity index (χ0) is 14.8. The first kappa shape index (κ1) is 15.5. The van der Waals surface area contributed by atoms with Gasteiger partial charge in [0, 0.05) is 4.47 Å². The van der Waals surface area contributed by atoms with E-state index in [-0.39, 0.29) is 12.5 Å². The van der Waals surface area contributed by atoms with Crippen LogP contribution in [0.3, 0.4) is 0 Å². The molecule has 1 amide bonds. The maximum absolute atomic E-state index is 12.5. The lowest BCUT2D eigenvalue weighted by Crippen LogP contribution is -2.53. The summed E-state index contributed by atoms with van der Waals surface area (Å²) in [7, 11) is 0. The van der Waals surface area contributed by atoms with Gasteiger partial charge in [0.25, 0.3) is 5.91 Å². The molecule has 4 heteroatoms. The van der Waals surface area contributed by atoms with Gasteiger partial charge in [-0.3, -0.25) is 4.79 Å². The molecule has 0 unspecified atom stereocenters. The number of amides is 1. The average molecular weight is 340 g/mol. The lowest BCUT2D eigenvalue weighted by atomic mass is 9.77. The van der Waals surface area contributed by atoms with E-state index in [1.807, 2.05) is 25.1 Å². The molecule has 0 spiro atoms. The Morgan fingerprint density at radius 2 is 2.10 bits per heavy atom. The fourth-order valence-corrected chi connectivity index (χ4v) is 3.21. The number of nitrogens with one attached hydrogen (secondary N) is 1. The van der Waals surface area contributed by atoms with Crippen LogP contribution in [0.1, 0.15) is 48.5 Å². The first-order valence-electron chi connectivity index (χ1n) is 7.16. The van der Waals surface area contributed by atoms with Crippen molar-refractivity contribution in [2.45, 2.75) is 45.1 Å². The van der Waals surface area contributed by atoms with Crippen LogP contribution in [-0.4, -0.2) is 23.2 Å². The van der Waals surface area contributed by atoms with E-state index in [0.717, 1.165) is 35.7 Å². The SMILES string of the molecule is Cc1cccc(C(=O)NC2(CO)CCC(C)CC2)c1Br. The first-order valence-corrected chi connectivity index (χ1v) is 7.95. The van der Waals surface area contributed by atoms with E-state index in [1.54, 1.807) is 0 Å². The van der Waals surface area contributed by atoms with E-state index in [1.165, 1.54) is 0 Å². The predicted molar refractivity (Wildman–Crippen MR) is 83.8 cm³/mol. The van der Waals surface area contributed by atoms with Gasteiger partial charge in [0.05, 0.1) is 17.7 Å². The molecule has 0 radical (unpaired) electrons. The van der Waals surface area contributed by atoms with Gasteiger partial charge in [-0.05, 0) is 66.1 Å². The lowest BCUT2D eigenvalue weighted by Gasteiger charge is -2.38. The Balaban J connectivity index is 2.15. The Hall–Kier alpha value is -0.870. The van der Waals surface area contributed by atoms with E-state index in [0.29, 0.717) is 11.5 Å². The maximum Gasteiger partial charge on any atom is 0.252 e. The molecule has 1 fully saturated rings. The molecule has 2 rings (SSSR count). The van der Waals surface area contributed by atoms with Crippen LogP contribution in [0.15, 0.2) is 22.7 Å². The molecule has 20 heavy (non-hydrogen) atoms. The Kier molecular flexibility index (Phi) is 4.86. The highest BCUT2D eigenvalue weighted by Gasteiger charge is 2.35. The molecule has 1 aliphatic rings. The lowest BCUT2D eigenvalue weighted by molar-refractivity contribution is 0.0716. The Morgan fingerprint density at radius 3 is 2.70 bits per heavy atom. The van der Waals surface area contributed by atoms with Crippen LogP contribution < -0.4 is 5.32 Å². The van der Waals surface area contributed by atoms with Gasteiger partial charge in [0.15, 0.2) is 0 Å². The molecular weight excluding hydrogens is 318 g/mol. The monoisotopic (exact) mass is 339 g/mol. The van der Waals surface area contributed by atoms with Crippen LogP contribution in [0.25, 0.3) is 0 Å². The quantitative estimate of drug-likeness (QED) is 0.886. The van der Waals surface area contributed by atoms with Crippen LogP contribution in [0.5, 0.6) is 0 Å². The van der Waals surface area contributed by atoms with Gasteiger partial charge in [-0.1, -0.05) is 19.1 Å². The molecule has 0 aromatic heterocycles. The van der Waals surface area contributed by atoms with E-state index < -0.39 is 5.54 Å². The van der Waals surface area contributed by atoms with Crippen molar-refractivity contribution < 1.29 is 9.90 Å². The number of aryl methyl sites for hydroxylation is 1. The molecule has 1 saturated carbocycles. The predicted octanol–water partition coefficient (Wildman–Crippen LogP) is 3.43. The van der Waals surface area contributed by atoms with Gasteiger partial charge >= 0.3 is 0 Å². The number of hydrogen-bond donors (Lipinski definition) is 2. The smallest absolute Gasteiger partial charge is 0.252 e. The van der Waals surface area contributed by atoms with Crippen LogP contribution in [0.2, 0.25) is 0 Å². The molecule has 0 bridgehead atoms. The van der Waals surface area contributed by atoms with Crippen molar-refractivity contribution in [1.82, 2.24) is 5.32 Å². The molecular formula is C16H22BrNO2. The first-order chi connectivity index (χ1) is 9.47. The largest absolute Gasteiger partial charge is 0.394 e. The van der Waals surface area contributed by atoms with E-state index in [9.17, 15) is 9.90 Å². The highest BCUT2D eigenvalue weighted by molar-refractivity contribution is 9.10. The number of rotatable bonds is 3. The molecule has 3 nitrogen and oxygen atoms in total. The summed E-state index contributed by atoms with van der Waals surface area (Å²) in [4.78, 5) is 12.5. The Morgan fingerprint density at radius 1 is 1.45 bits per heavy atom. The molecule has 0 aliphatic heterocycles. The highest BCUT2D eigenvalue weighted by atomic mass is 79.9. The fourth-order valence-electron chi connectivity index (χ4n) is 2.77. The Labute approximate surface area is 128 Å². The third-order valence-electron chi connectivity index (χ3n) is 4.35. The van der Waals surface area contributed by atoms with Gasteiger partial charge in [0.1, 0.15) is 0 Å². The van der Waals surface area contributed by atoms with Crippen molar-refractivity contribution in [3.63, 3.8) is 0 Å². The maximum atomic E-state index is 12.5. The molecule has 1 aromatic rings. The molecule has 110 valence electrons. The van der Waals surface area contributed by atoms with Crippen molar-refractivity contribution in [2.24, 2.45) is 5.92 Å². The van der Waals surface area contributed by atoms with Crippen LogP contribution in [0, 0.1) is 12.8 Å². The van der Waals surface area contributed by atoms with Gasteiger partial charge in [-0.15, -0.1) is 0 Å². The van der Waals surface area contributed by atoms with Crippen molar-refractivity contribution in [1.29, 1.82) is 0 Å². The third-order valence-corrected chi connectivity index (χ3v) is 5.40. The number of carbonyl (C=O) groups is 1. The number of halogens is 1. The Bertz CT molecular complexity index is 493. The molecule has 1 aliphatic carbocycles. The molecule has 0 saturated heterocycles. The minimum absolute atomic E-state index is 0.00882. The second-order valence-corrected chi connectivity index (χ2v) is 6.80. The number of carbonyl (C=O) groups excluding carboxylic acids is 1. The second-order valence-electron chi connectivity index (χ2n) is 6.01. The van der Waals surface area contributed by atoms with Crippen LogP contribution in [-0.2, 0) is 0 Å². The van der Waals surface area contributed by atoms with Crippen molar-refractivity contribution in [2.75, 3.05) is 6.61 Å². The summed E-state index contributed by atoms with van der Waals surface area (Å²) >= 11 is 3.47. The molecule has 1 aromatic carbocycles. The summed E-state index contributed by atoms with van der Waals surface area (Å²) in [6, 6.07) is 5.65. The topological polar surface area (TPSA) is 49.3 Å². The summed E-state index contributed by atoms with van der Waals surface area (Å²) in [6.45, 7) is 4.19. The summed E-state index contributed by atoms with van der Waals surface area (Å²) in [5.74, 6) is 0.571. The van der Waals surface area contributed by atoms with Gasteiger partial charge in [0.2, 0.25) is 0 Å². The summed E-state index contributed by atoms with van der Waals surface area (Å²) in [6.07, 6.45) is 3.80. The zero-order valence-corrected chi connectivity index (χ0v) is 13.7. The highest BCUT2D eigenvalue weighted by Crippen LogP contribution is 2.32. The second kappa shape index (κ2) is 6.27. The van der Waals surface area contributed by atoms with Gasteiger partial charge in [-0.25, -0.2) is 0 Å². The third kappa shape index (κ3) is 3.23. The molecule has 0 heterocycles. The molecule has 0 atom stereocenters. The number of aliphatic hydroxyl groups is 1. The normalized spacial score (nSPS) is 26.3. The van der Waals surface area contributed by atoms with E-state index in [4.69, 9.17) is 0 Å². The van der Waals surface area contributed by atoms with Crippen molar-refractivity contribution >= 4 is 21.8 Å². The zero-order valence-electron chi connectivity index (χ0n) is 12.1. The standard InChI is InChI=1S/C16H22BrNO2/c1-11-6-8-16(10-19,9-7-11)18-15(20)13-5-3-4-12(2)14(13)17/h3-5,11,19H,6-10H2,1-2H3,(H,18,20). The molecule has 2 N–H and O–H groups in total. The number of aliphatic hydroxyl groups excluding tert-OH is 1.